The van der Waals surface area contributed by atoms with Gasteiger partial charge in [-0.3, -0.25) is 4.79 Å². The molecule has 0 fully saturated rings. The molecule has 22 heavy (non-hydrogen) atoms. The van der Waals surface area contributed by atoms with E-state index in [4.69, 9.17) is 0 Å². The lowest BCUT2D eigenvalue weighted by molar-refractivity contribution is -0.146. The van der Waals surface area contributed by atoms with Crippen molar-refractivity contribution in [3.05, 3.63) is 46.5 Å². The van der Waals surface area contributed by atoms with Gasteiger partial charge in [-0.1, -0.05) is 4.49 Å². The SMILES string of the molecule is COC(=O)[C@H](c1cc(F)ccc1F)N(C)C(=O)c1csnn1. The highest BCUT2D eigenvalue weighted by Gasteiger charge is 2.33. The summed E-state index contributed by atoms with van der Waals surface area (Å²) in [5.41, 5.74) is -0.302. The zero-order valence-corrected chi connectivity index (χ0v) is 12.4. The van der Waals surface area contributed by atoms with Crippen LogP contribution >= 0.6 is 11.5 Å². The fraction of sp³-hybridized carbons (Fsp3) is 0.231. The van der Waals surface area contributed by atoms with E-state index in [0.717, 1.165) is 41.7 Å². The maximum absolute atomic E-state index is 13.9. The maximum atomic E-state index is 13.9. The van der Waals surface area contributed by atoms with E-state index in [1.807, 2.05) is 0 Å². The minimum absolute atomic E-state index is 0.00165. The lowest BCUT2D eigenvalue weighted by Gasteiger charge is -2.26. The maximum Gasteiger partial charge on any atom is 0.333 e. The summed E-state index contributed by atoms with van der Waals surface area (Å²) in [5.74, 6) is -3.12. The minimum atomic E-state index is -1.44. The number of halogens is 2. The number of methoxy groups -OCH3 is 1. The van der Waals surface area contributed by atoms with Gasteiger partial charge in [0.25, 0.3) is 5.91 Å². The second-order valence-corrected chi connectivity index (χ2v) is 4.91. The second-order valence-electron chi connectivity index (χ2n) is 4.30. The van der Waals surface area contributed by atoms with Crippen LogP contribution in [0.25, 0.3) is 0 Å². The third-order valence-electron chi connectivity index (χ3n) is 2.96. The van der Waals surface area contributed by atoms with Crippen LogP contribution in [0.2, 0.25) is 0 Å². The fourth-order valence-corrected chi connectivity index (χ4v) is 2.32. The molecule has 0 aliphatic heterocycles. The molecule has 9 heteroatoms. The molecule has 0 bridgehead atoms. The van der Waals surface area contributed by atoms with Crippen molar-refractivity contribution in [1.82, 2.24) is 14.5 Å². The van der Waals surface area contributed by atoms with Gasteiger partial charge in [0.05, 0.1) is 7.11 Å². The molecule has 0 saturated heterocycles. The van der Waals surface area contributed by atoms with Crippen LogP contribution in [0.3, 0.4) is 0 Å². The van der Waals surface area contributed by atoms with E-state index in [0.29, 0.717) is 0 Å². The van der Waals surface area contributed by atoms with Crippen LogP contribution in [0.1, 0.15) is 22.1 Å². The first-order chi connectivity index (χ1) is 10.5. The lowest BCUT2D eigenvalue weighted by Crippen LogP contribution is -2.37. The van der Waals surface area contributed by atoms with Gasteiger partial charge in [-0.2, -0.15) is 0 Å². The molecule has 1 heterocycles. The van der Waals surface area contributed by atoms with Crippen LogP contribution in [0, 0.1) is 11.6 Å². The van der Waals surface area contributed by atoms with Gasteiger partial charge in [0.1, 0.15) is 11.6 Å². The lowest BCUT2D eigenvalue weighted by atomic mass is 10.0. The van der Waals surface area contributed by atoms with Crippen LogP contribution in [-0.4, -0.2) is 40.5 Å². The van der Waals surface area contributed by atoms with Crippen molar-refractivity contribution in [2.45, 2.75) is 6.04 Å². The largest absolute Gasteiger partial charge is 0.467 e. The van der Waals surface area contributed by atoms with Gasteiger partial charge in [0.2, 0.25) is 0 Å². The summed E-state index contributed by atoms with van der Waals surface area (Å²) in [6.45, 7) is 0. The first kappa shape index (κ1) is 16.0. The number of carbonyl (C=O) groups is 2. The molecule has 0 unspecified atom stereocenters. The molecule has 2 aromatic rings. The van der Waals surface area contributed by atoms with Gasteiger partial charge >= 0.3 is 5.97 Å². The number of hydrogen-bond donors (Lipinski definition) is 0. The molecular weight excluding hydrogens is 316 g/mol. The van der Waals surface area contributed by atoms with Crippen molar-refractivity contribution in [1.29, 1.82) is 0 Å². The number of benzene rings is 1. The van der Waals surface area contributed by atoms with E-state index in [2.05, 4.69) is 14.3 Å². The molecule has 1 amide bonds. The zero-order valence-electron chi connectivity index (χ0n) is 11.6. The highest BCUT2D eigenvalue weighted by Crippen LogP contribution is 2.26. The van der Waals surface area contributed by atoms with Crippen LogP contribution in [-0.2, 0) is 9.53 Å². The Hall–Kier alpha value is -2.42. The number of carbonyl (C=O) groups excluding carboxylic acids is 2. The average Bonchev–Trinajstić information content (AvgIpc) is 3.04. The van der Waals surface area contributed by atoms with E-state index >= 15 is 0 Å². The standard InChI is InChI=1S/C13H11F2N3O3S/c1-18(12(19)10-6-22-17-16-10)11(13(20)21-2)8-5-7(14)3-4-9(8)15/h3-6,11H,1-2H3/t11-/m0/s1. The number of nitrogens with zero attached hydrogens (tertiary/aromatic N) is 3. The number of ether oxygens (including phenoxy) is 1. The molecule has 0 N–H and O–H groups in total. The number of rotatable bonds is 4. The summed E-state index contributed by atoms with van der Waals surface area (Å²) in [6.07, 6.45) is 0. The van der Waals surface area contributed by atoms with Gasteiger partial charge in [0, 0.05) is 18.0 Å². The second kappa shape index (κ2) is 6.56. The monoisotopic (exact) mass is 327 g/mol. The summed E-state index contributed by atoms with van der Waals surface area (Å²) >= 11 is 0.954. The molecule has 0 radical (unpaired) electrons. The molecule has 2 rings (SSSR count). The van der Waals surface area contributed by atoms with Gasteiger partial charge in [-0.15, -0.1) is 5.10 Å². The van der Waals surface area contributed by atoms with Crippen LogP contribution in [0.5, 0.6) is 0 Å². The topological polar surface area (TPSA) is 72.4 Å². The Balaban J connectivity index is 2.44. The molecule has 6 nitrogen and oxygen atoms in total. The highest BCUT2D eigenvalue weighted by molar-refractivity contribution is 7.03. The van der Waals surface area contributed by atoms with E-state index in [1.54, 1.807) is 0 Å². The van der Waals surface area contributed by atoms with Gasteiger partial charge in [-0.25, -0.2) is 13.6 Å². The Labute approximate surface area is 128 Å². The van der Waals surface area contributed by atoms with Gasteiger partial charge in [-0.05, 0) is 29.7 Å². The number of likely N-dealkylation sites (N-methyl/N-ethyl adjacent to an activating group) is 1. The van der Waals surface area contributed by atoms with Crippen molar-refractivity contribution in [2.75, 3.05) is 14.2 Å². The molecule has 0 spiro atoms. The predicted molar refractivity (Wildman–Crippen MR) is 73.1 cm³/mol. The van der Waals surface area contributed by atoms with Gasteiger partial charge in [0.15, 0.2) is 11.7 Å². The zero-order chi connectivity index (χ0) is 16.3. The summed E-state index contributed by atoms with van der Waals surface area (Å²) in [5, 5.41) is 4.98. The van der Waals surface area contributed by atoms with Crippen molar-refractivity contribution >= 4 is 23.4 Å². The first-order valence-corrected chi connectivity index (χ1v) is 6.86. The summed E-state index contributed by atoms with van der Waals surface area (Å²) < 4.78 is 35.5. The van der Waals surface area contributed by atoms with Crippen molar-refractivity contribution < 1.29 is 23.1 Å². The minimum Gasteiger partial charge on any atom is -0.467 e. The summed E-state index contributed by atoms with van der Waals surface area (Å²) in [4.78, 5) is 25.1. The Morgan fingerprint density at radius 2 is 2.09 bits per heavy atom. The summed E-state index contributed by atoms with van der Waals surface area (Å²) in [6, 6.07) is 1.21. The molecule has 116 valence electrons. The highest BCUT2D eigenvalue weighted by atomic mass is 32.1. The molecule has 1 atom stereocenters. The number of hydrogen-bond acceptors (Lipinski definition) is 6. The van der Waals surface area contributed by atoms with Crippen LogP contribution in [0.15, 0.2) is 23.6 Å². The third-order valence-corrected chi connectivity index (χ3v) is 3.47. The van der Waals surface area contributed by atoms with Crippen molar-refractivity contribution in [2.24, 2.45) is 0 Å². The van der Waals surface area contributed by atoms with Crippen LogP contribution in [0.4, 0.5) is 8.78 Å². The normalized spacial score (nSPS) is 11.8. The van der Waals surface area contributed by atoms with E-state index in [9.17, 15) is 18.4 Å². The molecule has 1 aromatic carbocycles. The molecule has 0 aliphatic carbocycles. The van der Waals surface area contributed by atoms with Crippen molar-refractivity contribution in [3.8, 4) is 0 Å². The van der Waals surface area contributed by atoms with E-state index < -0.39 is 29.6 Å². The Morgan fingerprint density at radius 1 is 1.36 bits per heavy atom. The quantitative estimate of drug-likeness (QED) is 0.801. The molecular formula is C13H11F2N3O3S. The summed E-state index contributed by atoms with van der Waals surface area (Å²) in [7, 11) is 2.36. The fourth-order valence-electron chi connectivity index (χ4n) is 1.89. The first-order valence-electron chi connectivity index (χ1n) is 6.02. The van der Waals surface area contributed by atoms with E-state index in [1.165, 1.54) is 12.4 Å². The predicted octanol–water partition coefficient (Wildman–Crippen LogP) is 1.80. The Kier molecular flexibility index (Phi) is 4.76. The molecule has 1 aromatic heterocycles. The average molecular weight is 327 g/mol. The number of aromatic nitrogens is 2. The Bertz CT molecular complexity index is 694. The Morgan fingerprint density at radius 3 is 2.68 bits per heavy atom. The number of esters is 1. The molecule has 0 aliphatic rings. The van der Waals surface area contributed by atoms with E-state index in [-0.39, 0.29) is 11.3 Å². The van der Waals surface area contributed by atoms with Gasteiger partial charge < -0.3 is 9.64 Å². The smallest absolute Gasteiger partial charge is 0.333 e. The van der Waals surface area contributed by atoms with Crippen molar-refractivity contribution in [3.63, 3.8) is 0 Å². The third kappa shape index (κ3) is 3.08. The number of amides is 1. The molecule has 0 saturated carbocycles. The van der Waals surface area contributed by atoms with Crippen LogP contribution < -0.4 is 0 Å².